The van der Waals surface area contributed by atoms with Crippen molar-refractivity contribution in [1.29, 1.82) is 0 Å². The highest BCUT2D eigenvalue weighted by atomic mass is 16.1. The van der Waals surface area contributed by atoms with Crippen molar-refractivity contribution in [2.45, 2.75) is 57.9 Å². The van der Waals surface area contributed by atoms with Gasteiger partial charge in [-0.25, -0.2) is 0 Å². The highest BCUT2D eigenvalue weighted by Gasteiger charge is 2.28. The van der Waals surface area contributed by atoms with Crippen molar-refractivity contribution in [3.8, 4) is 0 Å². The summed E-state index contributed by atoms with van der Waals surface area (Å²) in [5.74, 6) is 0.161. The van der Waals surface area contributed by atoms with Gasteiger partial charge in [-0.05, 0) is 37.8 Å². The van der Waals surface area contributed by atoms with Gasteiger partial charge in [-0.15, -0.1) is 0 Å². The lowest BCUT2D eigenvalue weighted by Gasteiger charge is -2.34. The Morgan fingerprint density at radius 2 is 1.89 bits per heavy atom. The van der Waals surface area contributed by atoms with Crippen LogP contribution in [0, 0.1) is 6.92 Å². The predicted molar refractivity (Wildman–Crippen MR) is 74.5 cm³/mol. The van der Waals surface area contributed by atoms with E-state index in [1.165, 1.54) is 24.8 Å². The number of hydrogen-bond acceptors (Lipinski definition) is 1. The maximum absolute atomic E-state index is 12.1. The lowest BCUT2D eigenvalue weighted by Crippen LogP contribution is -2.47. The molecule has 0 aliphatic heterocycles. The van der Waals surface area contributed by atoms with Gasteiger partial charge in [0, 0.05) is 5.54 Å². The van der Waals surface area contributed by atoms with Crippen molar-refractivity contribution in [2.24, 2.45) is 0 Å². The molecule has 0 radical (unpaired) electrons. The zero-order valence-corrected chi connectivity index (χ0v) is 11.5. The molecule has 1 aliphatic rings. The second kappa shape index (κ2) is 5.55. The van der Waals surface area contributed by atoms with Gasteiger partial charge in [-0.2, -0.15) is 0 Å². The normalized spacial score (nSPS) is 18.3. The third-order valence-corrected chi connectivity index (χ3v) is 4.01. The Morgan fingerprint density at radius 1 is 1.22 bits per heavy atom. The SMILES string of the molecule is Cc1ccccc1CC(=O)NC1(C)CCCCC1. The Bertz CT molecular complexity index is 419. The average Bonchev–Trinajstić information content (AvgIpc) is 2.32. The standard InChI is InChI=1S/C16H23NO/c1-13-8-4-5-9-14(13)12-15(18)17-16(2)10-6-3-7-11-16/h4-5,8-9H,3,6-7,10-12H2,1-2H3,(H,17,18). The molecule has 1 fully saturated rings. The summed E-state index contributed by atoms with van der Waals surface area (Å²) in [6.45, 7) is 4.24. The van der Waals surface area contributed by atoms with Crippen LogP contribution in [0.2, 0.25) is 0 Å². The van der Waals surface area contributed by atoms with Crippen molar-refractivity contribution in [3.05, 3.63) is 35.4 Å². The van der Waals surface area contributed by atoms with Crippen LogP contribution in [0.1, 0.15) is 50.2 Å². The number of carbonyl (C=O) groups is 1. The van der Waals surface area contributed by atoms with Gasteiger partial charge in [0.05, 0.1) is 6.42 Å². The van der Waals surface area contributed by atoms with Crippen LogP contribution in [0.3, 0.4) is 0 Å². The smallest absolute Gasteiger partial charge is 0.224 e. The fourth-order valence-electron chi connectivity index (χ4n) is 2.82. The lowest BCUT2D eigenvalue weighted by molar-refractivity contribution is -0.122. The van der Waals surface area contributed by atoms with E-state index in [4.69, 9.17) is 0 Å². The minimum Gasteiger partial charge on any atom is -0.351 e. The van der Waals surface area contributed by atoms with E-state index in [2.05, 4.69) is 25.2 Å². The zero-order valence-electron chi connectivity index (χ0n) is 11.5. The number of benzene rings is 1. The molecule has 98 valence electrons. The summed E-state index contributed by atoms with van der Waals surface area (Å²) in [5, 5.41) is 3.23. The highest BCUT2D eigenvalue weighted by molar-refractivity contribution is 5.79. The largest absolute Gasteiger partial charge is 0.351 e. The minimum absolute atomic E-state index is 0.0258. The zero-order chi connectivity index (χ0) is 13.0. The van der Waals surface area contributed by atoms with Crippen molar-refractivity contribution in [1.82, 2.24) is 5.32 Å². The highest BCUT2D eigenvalue weighted by Crippen LogP contribution is 2.27. The van der Waals surface area contributed by atoms with Crippen molar-refractivity contribution >= 4 is 5.91 Å². The molecule has 0 spiro atoms. The third kappa shape index (κ3) is 3.34. The Morgan fingerprint density at radius 3 is 2.56 bits per heavy atom. The summed E-state index contributed by atoms with van der Waals surface area (Å²) >= 11 is 0. The fourth-order valence-corrected chi connectivity index (χ4v) is 2.82. The van der Waals surface area contributed by atoms with Crippen LogP contribution in [0.4, 0.5) is 0 Å². The van der Waals surface area contributed by atoms with Crippen LogP contribution < -0.4 is 5.32 Å². The predicted octanol–water partition coefficient (Wildman–Crippen LogP) is 3.38. The summed E-state index contributed by atoms with van der Waals surface area (Å²) in [7, 11) is 0. The van der Waals surface area contributed by atoms with Gasteiger partial charge >= 0.3 is 0 Å². The summed E-state index contributed by atoms with van der Waals surface area (Å²) in [4.78, 5) is 12.1. The van der Waals surface area contributed by atoms with Gasteiger partial charge in [0.2, 0.25) is 5.91 Å². The number of nitrogens with one attached hydrogen (secondary N) is 1. The molecule has 2 heteroatoms. The van der Waals surface area contributed by atoms with E-state index in [0.29, 0.717) is 6.42 Å². The molecule has 0 saturated heterocycles. The van der Waals surface area contributed by atoms with Gasteiger partial charge < -0.3 is 5.32 Å². The van der Waals surface area contributed by atoms with Crippen LogP contribution in [0.25, 0.3) is 0 Å². The van der Waals surface area contributed by atoms with Crippen LogP contribution in [0.15, 0.2) is 24.3 Å². The molecule has 1 aromatic rings. The van der Waals surface area contributed by atoms with E-state index in [9.17, 15) is 4.79 Å². The molecule has 0 bridgehead atoms. The van der Waals surface area contributed by atoms with Crippen molar-refractivity contribution < 1.29 is 4.79 Å². The second-order valence-corrected chi connectivity index (χ2v) is 5.77. The first kappa shape index (κ1) is 13.1. The minimum atomic E-state index is 0.0258. The Hall–Kier alpha value is -1.31. The lowest BCUT2D eigenvalue weighted by atomic mass is 9.83. The average molecular weight is 245 g/mol. The van der Waals surface area contributed by atoms with E-state index in [1.54, 1.807) is 0 Å². The van der Waals surface area contributed by atoms with Gasteiger partial charge in [0.15, 0.2) is 0 Å². The second-order valence-electron chi connectivity index (χ2n) is 5.77. The molecule has 1 saturated carbocycles. The maximum atomic E-state index is 12.1. The Labute approximate surface area is 110 Å². The first-order chi connectivity index (χ1) is 8.59. The molecule has 2 rings (SSSR count). The molecule has 18 heavy (non-hydrogen) atoms. The van der Waals surface area contributed by atoms with Crippen LogP contribution in [-0.4, -0.2) is 11.4 Å². The number of carbonyl (C=O) groups excluding carboxylic acids is 1. The van der Waals surface area contributed by atoms with E-state index >= 15 is 0 Å². The molecule has 1 amide bonds. The summed E-state index contributed by atoms with van der Waals surface area (Å²) in [5.41, 5.74) is 2.36. The molecule has 1 N–H and O–H groups in total. The number of rotatable bonds is 3. The summed E-state index contributed by atoms with van der Waals surface area (Å²) < 4.78 is 0. The van der Waals surface area contributed by atoms with Crippen LogP contribution in [0.5, 0.6) is 0 Å². The molecule has 0 unspecified atom stereocenters. The van der Waals surface area contributed by atoms with E-state index < -0.39 is 0 Å². The van der Waals surface area contributed by atoms with Gasteiger partial charge in [-0.3, -0.25) is 4.79 Å². The Balaban J connectivity index is 1.94. The molecule has 0 aromatic heterocycles. The van der Waals surface area contributed by atoms with E-state index in [0.717, 1.165) is 18.4 Å². The monoisotopic (exact) mass is 245 g/mol. The first-order valence-corrected chi connectivity index (χ1v) is 6.95. The maximum Gasteiger partial charge on any atom is 0.224 e. The topological polar surface area (TPSA) is 29.1 Å². The summed E-state index contributed by atoms with van der Waals surface area (Å²) in [6, 6.07) is 8.11. The van der Waals surface area contributed by atoms with Crippen molar-refractivity contribution in [3.63, 3.8) is 0 Å². The van der Waals surface area contributed by atoms with E-state index in [1.807, 2.05) is 18.2 Å². The number of aryl methyl sites for hydroxylation is 1. The van der Waals surface area contributed by atoms with Crippen molar-refractivity contribution in [2.75, 3.05) is 0 Å². The molecule has 0 atom stereocenters. The number of amides is 1. The van der Waals surface area contributed by atoms with E-state index in [-0.39, 0.29) is 11.4 Å². The van der Waals surface area contributed by atoms with Crippen LogP contribution >= 0.6 is 0 Å². The van der Waals surface area contributed by atoms with Crippen LogP contribution in [-0.2, 0) is 11.2 Å². The molecule has 2 nitrogen and oxygen atoms in total. The Kier molecular flexibility index (Phi) is 4.05. The van der Waals surface area contributed by atoms with Gasteiger partial charge in [-0.1, -0.05) is 43.5 Å². The first-order valence-electron chi connectivity index (χ1n) is 6.95. The molecule has 0 heterocycles. The van der Waals surface area contributed by atoms with Gasteiger partial charge in [0.1, 0.15) is 0 Å². The molecular formula is C16H23NO. The fraction of sp³-hybridized carbons (Fsp3) is 0.562. The quantitative estimate of drug-likeness (QED) is 0.869. The third-order valence-electron chi connectivity index (χ3n) is 4.01. The molecule has 1 aromatic carbocycles. The molecular weight excluding hydrogens is 222 g/mol. The summed E-state index contributed by atoms with van der Waals surface area (Å²) in [6.07, 6.45) is 6.52. The van der Waals surface area contributed by atoms with Gasteiger partial charge in [0.25, 0.3) is 0 Å². The molecule has 1 aliphatic carbocycles. The number of hydrogen-bond donors (Lipinski definition) is 1.